The van der Waals surface area contributed by atoms with E-state index in [0.717, 1.165) is 27.4 Å². The van der Waals surface area contributed by atoms with Gasteiger partial charge in [0.25, 0.3) is 10.0 Å². The number of aliphatic hydroxyl groups is 2. The first kappa shape index (κ1) is 25.1. The third-order valence-corrected chi connectivity index (χ3v) is 8.74. The Kier molecular flexibility index (Phi) is 5.94. The third kappa shape index (κ3) is 3.97. The molecule has 1 atom stereocenters. The van der Waals surface area contributed by atoms with E-state index in [1.165, 1.54) is 3.97 Å². The van der Waals surface area contributed by atoms with Crippen molar-refractivity contribution in [2.45, 2.75) is 24.5 Å². The van der Waals surface area contributed by atoms with Gasteiger partial charge in [-0.3, -0.25) is 4.68 Å². The SMILES string of the molecule is COc1ccc2c(c1)c(-c1cc3c4c(cnc3n1S(=O)(=O)c1ccc(C)cc1)cnn4C)cn2CC(O)CO. The Morgan fingerprint density at radius 2 is 1.82 bits per heavy atom. The van der Waals surface area contributed by atoms with E-state index in [2.05, 4.69) is 10.1 Å². The Labute approximate surface area is 224 Å². The van der Waals surface area contributed by atoms with E-state index in [1.54, 1.807) is 72.3 Å². The smallest absolute Gasteiger partial charge is 0.269 e. The average Bonchev–Trinajstić information content (AvgIpc) is 3.61. The monoisotopic (exact) mass is 545 g/mol. The summed E-state index contributed by atoms with van der Waals surface area (Å²) in [5.74, 6) is 0.598. The topological polar surface area (TPSA) is 124 Å². The lowest BCUT2D eigenvalue weighted by atomic mass is 10.1. The summed E-state index contributed by atoms with van der Waals surface area (Å²) in [6.45, 7) is 1.61. The van der Waals surface area contributed by atoms with Crippen molar-refractivity contribution >= 4 is 42.9 Å². The zero-order valence-corrected chi connectivity index (χ0v) is 22.4. The summed E-state index contributed by atoms with van der Waals surface area (Å²) in [6, 6.07) is 14.0. The highest BCUT2D eigenvalue weighted by molar-refractivity contribution is 7.90. The number of aliphatic hydroxyl groups excluding tert-OH is 2. The van der Waals surface area contributed by atoms with Crippen molar-refractivity contribution in [1.82, 2.24) is 23.3 Å². The molecule has 200 valence electrons. The van der Waals surface area contributed by atoms with Crippen LogP contribution in [0.3, 0.4) is 0 Å². The van der Waals surface area contributed by atoms with Crippen molar-refractivity contribution in [2.24, 2.45) is 7.05 Å². The van der Waals surface area contributed by atoms with E-state index in [0.29, 0.717) is 22.4 Å². The Bertz CT molecular complexity index is 1970. The minimum Gasteiger partial charge on any atom is -0.497 e. The van der Waals surface area contributed by atoms with E-state index in [-0.39, 0.29) is 17.1 Å². The van der Waals surface area contributed by atoms with Crippen molar-refractivity contribution < 1.29 is 23.4 Å². The molecule has 4 aromatic heterocycles. The Hall–Kier alpha value is -4.19. The Balaban J connectivity index is 1.73. The summed E-state index contributed by atoms with van der Waals surface area (Å²) in [5.41, 5.74) is 3.75. The molecule has 0 aliphatic heterocycles. The van der Waals surface area contributed by atoms with Crippen LogP contribution < -0.4 is 4.74 Å². The van der Waals surface area contributed by atoms with E-state index < -0.39 is 22.7 Å². The second-order valence-corrected chi connectivity index (χ2v) is 11.4. The van der Waals surface area contributed by atoms with Gasteiger partial charge in [0.15, 0.2) is 5.65 Å². The number of hydrogen-bond acceptors (Lipinski definition) is 7. The fourth-order valence-corrected chi connectivity index (χ4v) is 6.55. The number of nitrogens with zero attached hydrogens (tertiary/aromatic N) is 5. The van der Waals surface area contributed by atoms with Crippen molar-refractivity contribution in [2.75, 3.05) is 13.7 Å². The number of methoxy groups -OCH3 is 1. The molecule has 2 N–H and O–H groups in total. The quantitative estimate of drug-likeness (QED) is 0.315. The summed E-state index contributed by atoms with van der Waals surface area (Å²) in [5, 5.41) is 26.2. The van der Waals surface area contributed by atoms with E-state index in [4.69, 9.17) is 4.74 Å². The molecule has 10 nitrogen and oxygen atoms in total. The van der Waals surface area contributed by atoms with Crippen molar-refractivity contribution in [3.8, 4) is 17.0 Å². The molecule has 0 aliphatic carbocycles. The third-order valence-electron chi connectivity index (χ3n) is 7.02. The molecule has 11 heteroatoms. The molecule has 0 spiro atoms. The van der Waals surface area contributed by atoms with Crippen molar-refractivity contribution in [1.29, 1.82) is 0 Å². The van der Waals surface area contributed by atoms with E-state index in [9.17, 15) is 18.6 Å². The van der Waals surface area contributed by atoms with Crippen LogP contribution in [0.5, 0.6) is 5.75 Å². The van der Waals surface area contributed by atoms with Gasteiger partial charge in [-0.15, -0.1) is 0 Å². The molecule has 6 aromatic rings. The molecule has 0 fully saturated rings. The zero-order chi connectivity index (χ0) is 27.5. The molecule has 0 radical (unpaired) electrons. The Morgan fingerprint density at radius 1 is 1.05 bits per heavy atom. The number of aromatic nitrogens is 5. The number of rotatable bonds is 7. The molecule has 6 rings (SSSR count). The maximum atomic E-state index is 14.3. The molecule has 0 saturated carbocycles. The standard InChI is InChI=1S/C28H27N5O5S/c1-17-4-7-21(8-5-17)39(36,37)33-26(11-23-27-18(12-29-28(23)33)13-30-31(27)2)24-15-32(14-19(35)16-34)25-9-6-20(38-3)10-22(24)25/h4-13,15,19,34-35H,14,16H2,1-3H3. The summed E-state index contributed by atoms with van der Waals surface area (Å²) < 4.78 is 38.8. The molecule has 0 aliphatic rings. The number of benzene rings is 2. The van der Waals surface area contributed by atoms with Crippen LogP contribution in [-0.4, -0.2) is 61.8 Å². The van der Waals surface area contributed by atoms with Crippen LogP contribution >= 0.6 is 0 Å². The molecule has 1 unspecified atom stereocenters. The number of fused-ring (bicyclic) bond motifs is 4. The van der Waals surface area contributed by atoms with E-state index >= 15 is 0 Å². The maximum Gasteiger partial charge on any atom is 0.269 e. The normalized spacial score (nSPS) is 13.1. The van der Waals surface area contributed by atoms with Gasteiger partial charge < -0.3 is 19.5 Å². The second kappa shape index (κ2) is 9.23. The lowest BCUT2D eigenvalue weighted by Crippen LogP contribution is -2.19. The Morgan fingerprint density at radius 3 is 2.54 bits per heavy atom. The van der Waals surface area contributed by atoms with Crippen molar-refractivity contribution in [3.63, 3.8) is 0 Å². The molecule has 39 heavy (non-hydrogen) atoms. The van der Waals surface area contributed by atoms with Crippen LogP contribution in [0.15, 0.2) is 72.0 Å². The van der Waals surface area contributed by atoms with Gasteiger partial charge >= 0.3 is 0 Å². The van der Waals surface area contributed by atoms with Crippen LogP contribution in [-0.2, 0) is 23.6 Å². The number of hydrogen-bond donors (Lipinski definition) is 2. The van der Waals surface area contributed by atoms with Gasteiger partial charge in [-0.25, -0.2) is 17.4 Å². The molecule has 0 amide bonds. The number of pyridine rings is 1. The number of aryl methyl sites for hydroxylation is 2. The fraction of sp³-hybridized carbons (Fsp3) is 0.214. The minimum atomic E-state index is -4.09. The van der Waals surface area contributed by atoms with Gasteiger partial charge in [-0.05, 0) is 43.3 Å². The predicted octanol–water partition coefficient (Wildman–Crippen LogP) is 3.45. The van der Waals surface area contributed by atoms with Gasteiger partial charge in [0.1, 0.15) is 5.75 Å². The van der Waals surface area contributed by atoms with Crippen LogP contribution in [0.4, 0.5) is 0 Å². The lowest BCUT2D eigenvalue weighted by Gasteiger charge is -2.12. The molecule has 0 saturated heterocycles. The highest BCUT2D eigenvalue weighted by atomic mass is 32.2. The van der Waals surface area contributed by atoms with Gasteiger partial charge in [0.2, 0.25) is 0 Å². The highest BCUT2D eigenvalue weighted by Gasteiger charge is 2.28. The lowest BCUT2D eigenvalue weighted by molar-refractivity contribution is 0.0822. The zero-order valence-electron chi connectivity index (χ0n) is 21.6. The van der Waals surface area contributed by atoms with Gasteiger partial charge in [-0.2, -0.15) is 5.10 Å². The fourth-order valence-electron chi connectivity index (χ4n) is 5.08. The van der Waals surface area contributed by atoms with Gasteiger partial charge in [-0.1, -0.05) is 17.7 Å². The maximum absolute atomic E-state index is 14.3. The summed E-state index contributed by atoms with van der Waals surface area (Å²) in [6.07, 6.45) is 4.12. The molecule has 4 heterocycles. The number of ether oxygens (including phenoxy) is 1. The largest absolute Gasteiger partial charge is 0.497 e. The average molecular weight is 546 g/mol. The minimum absolute atomic E-state index is 0.120. The summed E-state index contributed by atoms with van der Waals surface area (Å²) in [4.78, 5) is 4.72. The van der Waals surface area contributed by atoms with Gasteiger partial charge in [0, 0.05) is 46.7 Å². The second-order valence-electron chi connectivity index (χ2n) is 9.59. The predicted molar refractivity (Wildman–Crippen MR) is 148 cm³/mol. The summed E-state index contributed by atoms with van der Waals surface area (Å²) >= 11 is 0. The first-order valence-electron chi connectivity index (χ1n) is 12.3. The van der Waals surface area contributed by atoms with Crippen molar-refractivity contribution in [3.05, 3.63) is 72.7 Å². The summed E-state index contributed by atoms with van der Waals surface area (Å²) in [7, 11) is -0.720. The van der Waals surface area contributed by atoms with E-state index in [1.807, 2.05) is 25.1 Å². The highest BCUT2D eigenvalue weighted by Crippen LogP contribution is 2.39. The molecule has 2 aromatic carbocycles. The molecular weight excluding hydrogens is 518 g/mol. The molecule has 0 bridgehead atoms. The van der Waals surface area contributed by atoms with Crippen LogP contribution in [0.1, 0.15) is 5.56 Å². The van der Waals surface area contributed by atoms with Crippen LogP contribution in [0, 0.1) is 6.92 Å². The van der Waals surface area contributed by atoms with Gasteiger partial charge in [0.05, 0.1) is 48.7 Å². The molecular formula is C28H27N5O5S. The van der Waals surface area contributed by atoms with Crippen LogP contribution in [0.25, 0.3) is 44.1 Å². The van der Waals surface area contributed by atoms with Crippen LogP contribution in [0.2, 0.25) is 0 Å². The first-order valence-corrected chi connectivity index (χ1v) is 13.8. The first-order chi connectivity index (χ1) is 18.7.